The van der Waals surface area contributed by atoms with Gasteiger partial charge in [0.2, 0.25) is 0 Å². The van der Waals surface area contributed by atoms with Crippen LogP contribution in [0.25, 0.3) is 0 Å². The smallest absolute Gasteiger partial charge is 0.139 e. The zero-order chi connectivity index (χ0) is 10.9. The maximum atomic E-state index is 9.69. The van der Waals surface area contributed by atoms with Crippen LogP contribution in [0.4, 0.5) is 0 Å². The molecule has 0 aliphatic carbocycles. The maximum absolute atomic E-state index is 9.69. The van der Waals surface area contributed by atoms with Gasteiger partial charge in [0.25, 0.3) is 0 Å². The molecule has 14 heavy (non-hydrogen) atoms. The van der Waals surface area contributed by atoms with Crippen molar-refractivity contribution in [1.29, 1.82) is 0 Å². The number of halogens is 2. The molecular weight excluding hydrogens is 221 g/mol. The molecule has 1 aromatic carbocycles. The minimum atomic E-state index is -0.466. The van der Waals surface area contributed by atoms with E-state index in [0.29, 0.717) is 10.6 Å². The lowest BCUT2D eigenvalue weighted by Gasteiger charge is -2.15. The van der Waals surface area contributed by atoms with Crippen molar-refractivity contribution >= 4 is 23.2 Å². The van der Waals surface area contributed by atoms with E-state index in [4.69, 9.17) is 28.9 Å². The zero-order valence-corrected chi connectivity index (χ0v) is 9.23. The van der Waals surface area contributed by atoms with Crippen LogP contribution in [-0.2, 0) is 0 Å². The molecule has 1 rings (SSSR count). The Morgan fingerprint density at radius 3 is 2.57 bits per heavy atom. The Bertz CT molecular complexity index is 351. The summed E-state index contributed by atoms with van der Waals surface area (Å²) >= 11 is 11.7. The van der Waals surface area contributed by atoms with Crippen LogP contribution >= 0.6 is 23.2 Å². The summed E-state index contributed by atoms with van der Waals surface area (Å²) in [4.78, 5) is 0. The molecule has 0 aliphatic heterocycles. The first-order valence-electron chi connectivity index (χ1n) is 4.04. The van der Waals surface area contributed by atoms with Crippen molar-refractivity contribution in [2.24, 2.45) is 5.73 Å². The van der Waals surface area contributed by atoms with Crippen molar-refractivity contribution < 1.29 is 5.11 Å². The third-order valence-electron chi connectivity index (χ3n) is 2.08. The summed E-state index contributed by atoms with van der Waals surface area (Å²) in [7, 11) is 0. The quantitative estimate of drug-likeness (QED) is 0.769. The van der Waals surface area contributed by atoms with E-state index in [1.807, 2.05) is 0 Å². The highest BCUT2D eigenvalue weighted by atomic mass is 35.5. The van der Waals surface area contributed by atoms with Crippen molar-refractivity contribution in [1.82, 2.24) is 0 Å². The van der Waals surface area contributed by atoms with Crippen LogP contribution in [0.5, 0.6) is 5.75 Å². The average molecular weight is 232 g/mol. The van der Waals surface area contributed by atoms with Crippen LogP contribution in [0.15, 0.2) is 18.7 Å². The number of nitrogens with two attached hydrogens (primary N) is 1. The van der Waals surface area contributed by atoms with Gasteiger partial charge in [-0.05, 0) is 18.6 Å². The highest BCUT2D eigenvalue weighted by Crippen LogP contribution is 2.37. The fraction of sp³-hybridized carbons (Fsp3) is 0.200. The third-order valence-corrected chi connectivity index (χ3v) is 2.77. The van der Waals surface area contributed by atoms with Gasteiger partial charge in [-0.3, -0.25) is 0 Å². The Labute approximate surface area is 92.9 Å². The summed E-state index contributed by atoms with van der Waals surface area (Å²) in [5.74, 6) is -0.0269. The van der Waals surface area contributed by atoms with Gasteiger partial charge in [-0.2, -0.15) is 0 Å². The first-order chi connectivity index (χ1) is 6.49. The molecular formula is C10H11Cl2NO. The molecule has 1 atom stereocenters. The van der Waals surface area contributed by atoms with Gasteiger partial charge in [0.1, 0.15) is 5.75 Å². The number of benzene rings is 1. The van der Waals surface area contributed by atoms with Crippen molar-refractivity contribution in [3.05, 3.63) is 39.9 Å². The van der Waals surface area contributed by atoms with E-state index in [-0.39, 0.29) is 10.8 Å². The molecule has 0 radical (unpaired) electrons. The SMILES string of the molecule is C=CC(N)c1c(C)c(Cl)cc(Cl)c1O. The van der Waals surface area contributed by atoms with Crippen molar-refractivity contribution in [2.75, 3.05) is 0 Å². The predicted molar refractivity (Wildman–Crippen MR) is 60.0 cm³/mol. The van der Waals surface area contributed by atoms with Crippen molar-refractivity contribution in [3.63, 3.8) is 0 Å². The summed E-state index contributed by atoms with van der Waals surface area (Å²) < 4.78 is 0. The van der Waals surface area contributed by atoms with Crippen molar-refractivity contribution in [2.45, 2.75) is 13.0 Å². The van der Waals surface area contributed by atoms with Crippen LogP contribution in [0.3, 0.4) is 0 Å². The highest BCUT2D eigenvalue weighted by Gasteiger charge is 2.16. The number of rotatable bonds is 2. The standard InChI is InChI=1S/C10H11Cl2NO/c1-3-8(13)9-5(2)6(11)4-7(12)10(9)14/h3-4,8,14H,1,13H2,2H3. The molecule has 0 aliphatic rings. The summed E-state index contributed by atoms with van der Waals surface area (Å²) in [5, 5.41) is 10.4. The van der Waals surface area contributed by atoms with Gasteiger partial charge in [-0.25, -0.2) is 0 Å². The molecule has 76 valence electrons. The Hall–Kier alpha value is -0.700. The van der Waals surface area contributed by atoms with Gasteiger partial charge in [0.05, 0.1) is 11.1 Å². The van der Waals surface area contributed by atoms with Crippen LogP contribution < -0.4 is 5.73 Å². The molecule has 0 saturated carbocycles. The number of hydrogen-bond acceptors (Lipinski definition) is 2. The summed E-state index contributed by atoms with van der Waals surface area (Å²) in [6, 6.07) is 1.03. The van der Waals surface area contributed by atoms with Crippen LogP contribution in [0.2, 0.25) is 10.0 Å². The van der Waals surface area contributed by atoms with Gasteiger partial charge in [-0.15, -0.1) is 6.58 Å². The maximum Gasteiger partial charge on any atom is 0.139 e. The number of phenols is 1. The number of aromatic hydroxyl groups is 1. The second-order valence-electron chi connectivity index (χ2n) is 2.99. The van der Waals surface area contributed by atoms with E-state index in [2.05, 4.69) is 6.58 Å². The lowest BCUT2D eigenvalue weighted by molar-refractivity contribution is 0.465. The fourth-order valence-corrected chi connectivity index (χ4v) is 1.73. The van der Waals surface area contributed by atoms with Gasteiger partial charge in [0.15, 0.2) is 0 Å². The first kappa shape index (κ1) is 11.4. The van der Waals surface area contributed by atoms with Crippen LogP contribution in [0.1, 0.15) is 17.2 Å². The molecule has 0 fully saturated rings. The van der Waals surface area contributed by atoms with E-state index >= 15 is 0 Å². The van der Waals surface area contributed by atoms with Crippen LogP contribution in [-0.4, -0.2) is 5.11 Å². The molecule has 1 aromatic rings. The molecule has 4 heteroatoms. The number of hydrogen-bond donors (Lipinski definition) is 2. The third kappa shape index (κ3) is 1.87. The largest absolute Gasteiger partial charge is 0.506 e. The molecule has 0 aromatic heterocycles. The minimum Gasteiger partial charge on any atom is -0.506 e. The van der Waals surface area contributed by atoms with E-state index < -0.39 is 6.04 Å². The normalized spacial score (nSPS) is 12.6. The highest BCUT2D eigenvalue weighted by molar-refractivity contribution is 6.36. The molecule has 0 bridgehead atoms. The van der Waals surface area contributed by atoms with Gasteiger partial charge >= 0.3 is 0 Å². The Morgan fingerprint density at radius 2 is 2.07 bits per heavy atom. The number of phenolic OH excluding ortho intramolecular Hbond substituents is 1. The molecule has 0 heterocycles. The average Bonchev–Trinajstić information content (AvgIpc) is 2.15. The fourth-order valence-electron chi connectivity index (χ4n) is 1.25. The van der Waals surface area contributed by atoms with E-state index in [0.717, 1.165) is 5.56 Å². The topological polar surface area (TPSA) is 46.2 Å². The molecule has 0 spiro atoms. The summed E-state index contributed by atoms with van der Waals surface area (Å²) in [5.41, 5.74) is 6.99. The second-order valence-corrected chi connectivity index (χ2v) is 3.80. The minimum absolute atomic E-state index is 0.0269. The van der Waals surface area contributed by atoms with Crippen molar-refractivity contribution in [3.8, 4) is 5.75 Å². The zero-order valence-electron chi connectivity index (χ0n) is 7.72. The Kier molecular flexibility index (Phi) is 3.43. The Balaban J connectivity index is 3.46. The lowest BCUT2D eigenvalue weighted by Crippen LogP contribution is -2.09. The molecule has 2 nitrogen and oxygen atoms in total. The lowest BCUT2D eigenvalue weighted by atomic mass is 10.0. The molecule has 0 saturated heterocycles. The monoisotopic (exact) mass is 231 g/mol. The Morgan fingerprint density at radius 1 is 1.50 bits per heavy atom. The van der Waals surface area contributed by atoms with Gasteiger partial charge in [0, 0.05) is 10.6 Å². The van der Waals surface area contributed by atoms with Crippen LogP contribution in [0, 0.1) is 6.92 Å². The van der Waals surface area contributed by atoms with E-state index in [1.165, 1.54) is 12.1 Å². The van der Waals surface area contributed by atoms with E-state index in [9.17, 15) is 5.11 Å². The second kappa shape index (κ2) is 4.22. The predicted octanol–water partition coefficient (Wildman–Crippen LogP) is 3.19. The summed E-state index contributed by atoms with van der Waals surface area (Å²) in [6.45, 7) is 5.33. The van der Waals surface area contributed by atoms with E-state index in [1.54, 1.807) is 6.92 Å². The first-order valence-corrected chi connectivity index (χ1v) is 4.80. The van der Waals surface area contributed by atoms with Gasteiger partial charge < -0.3 is 10.8 Å². The molecule has 3 N–H and O–H groups in total. The van der Waals surface area contributed by atoms with Gasteiger partial charge in [-0.1, -0.05) is 29.3 Å². The molecule has 1 unspecified atom stereocenters. The summed E-state index contributed by atoms with van der Waals surface area (Å²) in [6.07, 6.45) is 1.52. The molecule has 0 amide bonds.